The number of carbonyl (C=O) groups excluding carboxylic acids is 2. The van der Waals surface area contributed by atoms with Crippen molar-refractivity contribution in [2.45, 2.75) is 0 Å². The first-order chi connectivity index (χ1) is 9.56. The van der Waals surface area contributed by atoms with E-state index in [4.69, 9.17) is 11.6 Å². The van der Waals surface area contributed by atoms with Crippen LogP contribution in [0.4, 0.5) is 15.8 Å². The van der Waals surface area contributed by atoms with E-state index in [0.29, 0.717) is 16.4 Å². The van der Waals surface area contributed by atoms with Crippen molar-refractivity contribution in [3.8, 4) is 0 Å². The molecule has 0 aliphatic carbocycles. The number of benzene rings is 2. The van der Waals surface area contributed by atoms with Gasteiger partial charge in [0.15, 0.2) is 0 Å². The summed E-state index contributed by atoms with van der Waals surface area (Å²) < 4.78 is 12.7. The van der Waals surface area contributed by atoms with Crippen LogP contribution in [0, 0.1) is 5.82 Å². The zero-order valence-electron chi connectivity index (χ0n) is 10.2. The van der Waals surface area contributed by atoms with Crippen LogP contribution in [-0.2, 0) is 9.59 Å². The van der Waals surface area contributed by atoms with Gasteiger partial charge in [-0.15, -0.1) is 0 Å². The largest absolute Gasteiger partial charge is 0.318 e. The first-order valence-electron chi connectivity index (χ1n) is 5.68. The summed E-state index contributed by atoms with van der Waals surface area (Å²) in [4.78, 5) is 23.3. The molecule has 2 N–H and O–H groups in total. The number of amides is 2. The molecule has 2 amide bonds. The number of hydrogen-bond acceptors (Lipinski definition) is 2. The van der Waals surface area contributed by atoms with E-state index < -0.39 is 17.6 Å². The molecule has 102 valence electrons. The Hall–Kier alpha value is -2.40. The van der Waals surface area contributed by atoms with Gasteiger partial charge in [0.05, 0.1) is 10.7 Å². The van der Waals surface area contributed by atoms with Crippen molar-refractivity contribution in [2.75, 3.05) is 10.6 Å². The first kappa shape index (κ1) is 14.0. The van der Waals surface area contributed by atoms with Crippen LogP contribution in [-0.4, -0.2) is 11.8 Å². The summed E-state index contributed by atoms with van der Waals surface area (Å²) in [7, 11) is 0. The Kier molecular flexibility index (Phi) is 4.32. The molecule has 0 atom stereocenters. The Morgan fingerprint density at radius 3 is 2.15 bits per heavy atom. The second-order valence-electron chi connectivity index (χ2n) is 3.89. The Morgan fingerprint density at radius 1 is 0.900 bits per heavy atom. The molecule has 0 saturated carbocycles. The summed E-state index contributed by atoms with van der Waals surface area (Å²) in [6.07, 6.45) is 0. The minimum absolute atomic E-state index is 0.325. The molecule has 0 fully saturated rings. The van der Waals surface area contributed by atoms with Crippen molar-refractivity contribution < 1.29 is 14.0 Å². The molecule has 2 aromatic carbocycles. The normalized spacial score (nSPS) is 9.90. The fourth-order valence-corrected chi connectivity index (χ4v) is 1.65. The lowest BCUT2D eigenvalue weighted by atomic mass is 10.3. The summed E-state index contributed by atoms with van der Waals surface area (Å²) in [5.41, 5.74) is 0.666. The van der Waals surface area contributed by atoms with E-state index in [-0.39, 0.29) is 0 Å². The Balaban J connectivity index is 2.01. The third-order valence-corrected chi connectivity index (χ3v) is 2.76. The quantitative estimate of drug-likeness (QED) is 0.836. The van der Waals surface area contributed by atoms with E-state index in [0.717, 1.165) is 0 Å². The molecule has 0 aromatic heterocycles. The van der Waals surface area contributed by atoms with Gasteiger partial charge in [0.25, 0.3) is 0 Å². The molecule has 0 heterocycles. The molecular formula is C14H10ClFN2O2. The molecule has 6 heteroatoms. The number of hydrogen-bond donors (Lipinski definition) is 2. The van der Waals surface area contributed by atoms with Gasteiger partial charge in [-0.25, -0.2) is 4.39 Å². The average molecular weight is 293 g/mol. The third kappa shape index (κ3) is 3.55. The molecule has 2 rings (SSSR count). The lowest BCUT2D eigenvalue weighted by Gasteiger charge is -2.07. The van der Waals surface area contributed by atoms with Crippen molar-refractivity contribution in [1.29, 1.82) is 0 Å². The fourth-order valence-electron chi connectivity index (χ4n) is 1.46. The van der Waals surface area contributed by atoms with Gasteiger partial charge < -0.3 is 10.6 Å². The standard InChI is InChI=1S/C14H10ClFN2O2/c15-11-3-1-2-4-12(11)18-14(20)13(19)17-10-7-5-9(16)6-8-10/h1-8H,(H,17,19)(H,18,20). The van der Waals surface area contributed by atoms with Crippen molar-refractivity contribution in [3.05, 3.63) is 59.4 Å². The van der Waals surface area contributed by atoms with Crippen molar-refractivity contribution in [1.82, 2.24) is 0 Å². The Morgan fingerprint density at radius 2 is 1.50 bits per heavy atom. The summed E-state index contributed by atoms with van der Waals surface area (Å²) in [5, 5.41) is 5.06. The minimum atomic E-state index is -0.864. The Labute approximate surface area is 119 Å². The van der Waals surface area contributed by atoms with Gasteiger partial charge in [0, 0.05) is 5.69 Å². The van der Waals surface area contributed by atoms with E-state index in [1.165, 1.54) is 24.3 Å². The van der Waals surface area contributed by atoms with Crippen LogP contribution in [0.25, 0.3) is 0 Å². The third-order valence-electron chi connectivity index (χ3n) is 2.43. The highest BCUT2D eigenvalue weighted by Gasteiger charge is 2.15. The second kappa shape index (κ2) is 6.16. The van der Waals surface area contributed by atoms with E-state index in [1.807, 2.05) is 0 Å². The second-order valence-corrected chi connectivity index (χ2v) is 4.30. The van der Waals surface area contributed by atoms with Gasteiger partial charge in [-0.05, 0) is 36.4 Å². The topological polar surface area (TPSA) is 58.2 Å². The van der Waals surface area contributed by atoms with Crippen LogP contribution < -0.4 is 10.6 Å². The van der Waals surface area contributed by atoms with Crippen molar-refractivity contribution in [3.63, 3.8) is 0 Å². The van der Waals surface area contributed by atoms with Gasteiger partial charge in [-0.3, -0.25) is 9.59 Å². The Bertz CT molecular complexity index is 644. The predicted octanol–water partition coefficient (Wildman–Crippen LogP) is 3.06. The number of para-hydroxylation sites is 1. The van der Waals surface area contributed by atoms with Gasteiger partial charge in [-0.1, -0.05) is 23.7 Å². The highest BCUT2D eigenvalue weighted by molar-refractivity contribution is 6.44. The van der Waals surface area contributed by atoms with E-state index in [2.05, 4.69) is 10.6 Å². The monoisotopic (exact) mass is 292 g/mol. The number of halogens is 2. The molecule has 2 aromatic rings. The number of rotatable bonds is 2. The number of nitrogens with one attached hydrogen (secondary N) is 2. The van der Waals surface area contributed by atoms with Crippen LogP contribution in [0.3, 0.4) is 0 Å². The molecule has 4 nitrogen and oxygen atoms in total. The lowest BCUT2D eigenvalue weighted by Crippen LogP contribution is -2.29. The number of carbonyl (C=O) groups is 2. The molecule has 0 radical (unpaired) electrons. The zero-order chi connectivity index (χ0) is 14.5. The zero-order valence-corrected chi connectivity index (χ0v) is 10.9. The highest BCUT2D eigenvalue weighted by atomic mass is 35.5. The molecule has 20 heavy (non-hydrogen) atoms. The summed E-state index contributed by atoms with van der Waals surface area (Å²) in [6.45, 7) is 0. The van der Waals surface area contributed by atoms with Crippen LogP contribution in [0.5, 0.6) is 0 Å². The SMILES string of the molecule is O=C(Nc1ccc(F)cc1)C(=O)Nc1ccccc1Cl. The van der Waals surface area contributed by atoms with Crippen LogP contribution in [0.2, 0.25) is 5.02 Å². The van der Waals surface area contributed by atoms with Crippen LogP contribution in [0.15, 0.2) is 48.5 Å². The fraction of sp³-hybridized carbons (Fsp3) is 0. The number of anilines is 2. The first-order valence-corrected chi connectivity index (χ1v) is 6.06. The van der Waals surface area contributed by atoms with Gasteiger partial charge in [-0.2, -0.15) is 0 Å². The molecule has 0 unspecified atom stereocenters. The predicted molar refractivity (Wildman–Crippen MR) is 75.1 cm³/mol. The molecule has 0 spiro atoms. The lowest BCUT2D eigenvalue weighted by molar-refractivity contribution is -0.132. The van der Waals surface area contributed by atoms with E-state index in [1.54, 1.807) is 24.3 Å². The van der Waals surface area contributed by atoms with Crippen molar-refractivity contribution in [2.24, 2.45) is 0 Å². The maximum Gasteiger partial charge on any atom is 0.314 e. The van der Waals surface area contributed by atoms with Crippen molar-refractivity contribution >= 4 is 34.8 Å². The molecule has 0 saturated heterocycles. The summed E-state index contributed by atoms with van der Waals surface area (Å²) in [5.74, 6) is -2.15. The van der Waals surface area contributed by atoms with Crippen LogP contribution in [0.1, 0.15) is 0 Å². The highest BCUT2D eigenvalue weighted by Crippen LogP contribution is 2.20. The van der Waals surface area contributed by atoms with Gasteiger partial charge in [0.2, 0.25) is 0 Å². The maximum absolute atomic E-state index is 12.7. The molecule has 0 bridgehead atoms. The smallest absolute Gasteiger partial charge is 0.314 e. The maximum atomic E-state index is 12.7. The summed E-state index contributed by atoms with van der Waals surface area (Å²) in [6, 6.07) is 11.6. The average Bonchev–Trinajstić information content (AvgIpc) is 2.44. The van der Waals surface area contributed by atoms with Crippen LogP contribution >= 0.6 is 11.6 Å². The molecule has 0 aliphatic heterocycles. The molecule has 0 aliphatic rings. The van der Waals surface area contributed by atoms with Gasteiger partial charge in [0.1, 0.15) is 5.82 Å². The van der Waals surface area contributed by atoms with Gasteiger partial charge >= 0.3 is 11.8 Å². The van der Waals surface area contributed by atoms with E-state index in [9.17, 15) is 14.0 Å². The minimum Gasteiger partial charge on any atom is -0.318 e. The summed E-state index contributed by atoms with van der Waals surface area (Å²) >= 11 is 5.86. The molecular weight excluding hydrogens is 283 g/mol. The van der Waals surface area contributed by atoms with E-state index >= 15 is 0 Å².